The average molecular weight is 281 g/mol. The molecule has 0 aliphatic heterocycles. The topological polar surface area (TPSA) is 50.9 Å². The number of benzene rings is 1. The SMILES string of the molecule is Cc1cc(F)ccc1CCNc1nc(N)c(F)cc1F. The lowest BCUT2D eigenvalue weighted by Crippen LogP contribution is -2.10. The van der Waals surface area contributed by atoms with Crippen molar-refractivity contribution < 1.29 is 13.2 Å². The van der Waals surface area contributed by atoms with Gasteiger partial charge in [0.25, 0.3) is 0 Å². The highest BCUT2D eigenvalue weighted by Crippen LogP contribution is 2.17. The molecule has 0 saturated carbocycles. The Labute approximate surface area is 114 Å². The Bertz CT molecular complexity index is 629. The summed E-state index contributed by atoms with van der Waals surface area (Å²) in [4.78, 5) is 3.60. The van der Waals surface area contributed by atoms with Gasteiger partial charge < -0.3 is 11.1 Å². The molecule has 2 aromatic rings. The summed E-state index contributed by atoms with van der Waals surface area (Å²) in [7, 11) is 0. The van der Waals surface area contributed by atoms with Crippen LogP contribution < -0.4 is 11.1 Å². The third-order valence-corrected chi connectivity index (χ3v) is 2.95. The molecule has 0 atom stereocenters. The fraction of sp³-hybridized carbons (Fsp3) is 0.214. The monoisotopic (exact) mass is 281 g/mol. The van der Waals surface area contributed by atoms with Crippen LogP contribution in [0.15, 0.2) is 24.3 Å². The summed E-state index contributed by atoms with van der Waals surface area (Å²) in [6.07, 6.45) is 0.560. The fourth-order valence-electron chi connectivity index (χ4n) is 1.86. The number of nitrogens with zero attached hydrogens (tertiary/aromatic N) is 1. The van der Waals surface area contributed by atoms with E-state index < -0.39 is 11.6 Å². The van der Waals surface area contributed by atoms with E-state index in [1.807, 2.05) is 0 Å². The number of hydrogen-bond acceptors (Lipinski definition) is 3. The van der Waals surface area contributed by atoms with E-state index >= 15 is 0 Å². The van der Waals surface area contributed by atoms with Gasteiger partial charge in [0.15, 0.2) is 23.3 Å². The van der Waals surface area contributed by atoms with Crippen LogP contribution in [0.2, 0.25) is 0 Å². The summed E-state index contributed by atoms with van der Waals surface area (Å²) in [6.45, 7) is 2.18. The van der Waals surface area contributed by atoms with Gasteiger partial charge in [-0.15, -0.1) is 0 Å². The number of nitrogens with one attached hydrogen (secondary N) is 1. The first kappa shape index (κ1) is 14.2. The summed E-state index contributed by atoms with van der Waals surface area (Å²) < 4.78 is 39.3. The number of anilines is 2. The predicted octanol–water partition coefficient (Wildman–Crippen LogP) is 3.04. The highest BCUT2D eigenvalue weighted by atomic mass is 19.1. The maximum absolute atomic E-state index is 13.4. The highest BCUT2D eigenvalue weighted by molar-refractivity contribution is 5.45. The Hall–Kier alpha value is -2.24. The number of nitrogen functional groups attached to an aromatic ring is 1. The predicted molar refractivity (Wildman–Crippen MR) is 71.9 cm³/mol. The molecule has 6 heteroatoms. The lowest BCUT2D eigenvalue weighted by atomic mass is 10.1. The van der Waals surface area contributed by atoms with Crippen LogP contribution in [0.25, 0.3) is 0 Å². The number of halogens is 3. The largest absolute Gasteiger partial charge is 0.381 e. The molecule has 106 valence electrons. The lowest BCUT2D eigenvalue weighted by molar-refractivity contribution is 0.579. The summed E-state index contributed by atoms with van der Waals surface area (Å²) in [5.41, 5.74) is 7.04. The number of pyridine rings is 1. The minimum atomic E-state index is -0.887. The highest BCUT2D eigenvalue weighted by Gasteiger charge is 2.09. The Morgan fingerprint density at radius 3 is 2.60 bits per heavy atom. The van der Waals surface area contributed by atoms with Crippen molar-refractivity contribution in [2.75, 3.05) is 17.6 Å². The van der Waals surface area contributed by atoms with Gasteiger partial charge in [0, 0.05) is 12.6 Å². The normalized spacial score (nSPS) is 10.6. The van der Waals surface area contributed by atoms with Crippen molar-refractivity contribution in [3.05, 3.63) is 52.8 Å². The molecule has 0 fully saturated rings. The standard InChI is InChI=1S/C14H14F3N3/c1-8-6-10(15)3-2-9(8)4-5-19-14-12(17)7-11(16)13(18)20-14/h2-3,6-7H,4-5H2,1H3,(H3,18,19,20). The molecule has 0 bridgehead atoms. The van der Waals surface area contributed by atoms with Crippen LogP contribution in [0, 0.1) is 24.4 Å². The van der Waals surface area contributed by atoms with Crippen LogP contribution in [0.4, 0.5) is 24.8 Å². The maximum atomic E-state index is 13.4. The molecule has 20 heavy (non-hydrogen) atoms. The van der Waals surface area contributed by atoms with Gasteiger partial charge in [-0.3, -0.25) is 0 Å². The molecule has 0 aliphatic carbocycles. The second kappa shape index (κ2) is 5.81. The van der Waals surface area contributed by atoms with Gasteiger partial charge in [-0.1, -0.05) is 6.07 Å². The molecule has 0 unspecified atom stereocenters. The van der Waals surface area contributed by atoms with Gasteiger partial charge in [-0.25, -0.2) is 18.2 Å². The van der Waals surface area contributed by atoms with Crippen LogP contribution in [0.3, 0.4) is 0 Å². The van der Waals surface area contributed by atoms with E-state index in [1.165, 1.54) is 12.1 Å². The second-order valence-electron chi connectivity index (χ2n) is 4.43. The van der Waals surface area contributed by atoms with Gasteiger partial charge in [0.2, 0.25) is 0 Å². The van der Waals surface area contributed by atoms with Crippen molar-refractivity contribution in [1.82, 2.24) is 4.98 Å². The van der Waals surface area contributed by atoms with Gasteiger partial charge in [-0.05, 0) is 36.6 Å². The van der Waals surface area contributed by atoms with Crippen LogP contribution in [0.1, 0.15) is 11.1 Å². The molecule has 0 spiro atoms. The zero-order valence-electron chi connectivity index (χ0n) is 10.9. The minimum absolute atomic E-state index is 0.0938. The van der Waals surface area contributed by atoms with Gasteiger partial charge in [0.05, 0.1) is 0 Å². The van der Waals surface area contributed by atoms with Crippen molar-refractivity contribution >= 4 is 11.6 Å². The van der Waals surface area contributed by atoms with Crippen LogP contribution in [0.5, 0.6) is 0 Å². The van der Waals surface area contributed by atoms with E-state index in [2.05, 4.69) is 10.3 Å². The van der Waals surface area contributed by atoms with E-state index in [4.69, 9.17) is 5.73 Å². The molecule has 0 aliphatic rings. The van der Waals surface area contributed by atoms with Gasteiger partial charge in [0.1, 0.15) is 5.82 Å². The smallest absolute Gasteiger partial charge is 0.168 e. The van der Waals surface area contributed by atoms with Crippen molar-refractivity contribution in [2.45, 2.75) is 13.3 Å². The quantitative estimate of drug-likeness (QED) is 0.905. The lowest BCUT2D eigenvalue weighted by Gasteiger charge is -2.09. The zero-order chi connectivity index (χ0) is 14.7. The second-order valence-corrected chi connectivity index (χ2v) is 4.43. The van der Waals surface area contributed by atoms with E-state index in [0.717, 1.165) is 11.1 Å². The molecule has 1 aromatic carbocycles. The Morgan fingerprint density at radius 1 is 1.15 bits per heavy atom. The van der Waals surface area contributed by atoms with Gasteiger partial charge >= 0.3 is 0 Å². The van der Waals surface area contributed by atoms with Crippen molar-refractivity contribution in [3.8, 4) is 0 Å². The third-order valence-electron chi connectivity index (χ3n) is 2.95. The molecule has 0 amide bonds. The van der Waals surface area contributed by atoms with E-state index in [9.17, 15) is 13.2 Å². The molecule has 3 nitrogen and oxygen atoms in total. The number of aromatic nitrogens is 1. The van der Waals surface area contributed by atoms with Gasteiger partial charge in [-0.2, -0.15) is 0 Å². The first-order chi connectivity index (χ1) is 9.47. The van der Waals surface area contributed by atoms with E-state index in [1.54, 1.807) is 13.0 Å². The van der Waals surface area contributed by atoms with Crippen molar-refractivity contribution in [1.29, 1.82) is 0 Å². The number of rotatable bonds is 4. The Balaban J connectivity index is 2.01. The van der Waals surface area contributed by atoms with E-state index in [-0.39, 0.29) is 17.5 Å². The van der Waals surface area contributed by atoms with E-state index in [0.29, 0.717) is 19.0 Å². The summed E-state index contributed by atoms with van der Waals surface area (Å²) in [5, 5.41) is 2.74. The summed E-state index contributed by atoms with van der Waals surface area (Å²) >= 11 is 0. The van der Waals surface area contributed by atoms with Crippen LogP contribution in [-0.4, -0.2) is 11.5 Å². The van der Waals surface area contributed by atoms with Crippen LogP contribution >= 0.6 is 0 Å². The molecule has 0 saturated heterocycles. The molecule has 1 aromatic heterocycles. The number of nitrogens with two attached hydrogens (primary N) is 1. The summed E-state index contributed by atoms with van der Waals surface area (Å²) in [6, 6.07) is 5.17. The zero-order valence-corrected chi connectivity index (χ0v) is 10.9. The Morgan fingerprint density at radius 2 is 1.90 bits per heavy atom. The van der Waals surface area contributed by atoms with Crippen LogP contribution in [-0.2, 0) is 6.42 Å². The molecule has 2 rings (SSSR count). The molecule has 1 heterocycles. The number of aryl methyl sites for hydroxylation is 1. The molecular formula is C14H14F3N3. The first-order valence-corrected chi connectivity index (χ1v) is 6.08. The third kappa shape index (κ3) is 3.20. The van der Waals surface area contributed by atoms with Crippen molar-refractivity contribution in [2.24, 2.45) is 0 Å². The fourth-order valence-corrected chi connectivity index (χ4v) is 1.86. The molecule has 0 radical (unpaired) electrons. The first-order valence-electron chi connectivity index (χ1n) is 6.08. The maximum Gasteiger partial charge on any atom is 0.168 e. The summed E-state index contributed by atoms with van der Waals surface area (Å²) in [5.74, 6) is -2.43. The van der Waals surface area contributed by atoms with Crippen molar-refractivity contribution in [3.63, 3.8) is 0 Å². The minimum Gasteiger partial charge on any atom is -0.381 e. The average Bonchev–Trinajstić information content (AvgIpc) is 2.38. The Kier molecular flexibility index (Phi) is 4.12. The number of hydrogen-bond donors (Lipinski definition) is 2. The molecular weight excluding hydrogens is 267 g/mol. The molecule has 3 N–H and O–H groups in total.